The zero-order chi connectivity index (χ0) is 23.7. The lowest BCUT2D eigenvalue weighted by Crippen LogP contribution is -2.44. The van der Waals surface area contributed by atoms with Crippen LogP contribution in [-0.2, 0) is 21.3 Å². The first-order valence-corrected chi connectivity index (χ1v) is 11.0. The van der Waals surface area contributed by atoms with E-state index < -0.39 is 39.6 Å². The van der Waals surface area contributed by atoms with Gasteiger partial charge >= 0.3 is 21.6 Å². The Hall–Kier alpha value is -3.08. The largest absolute Gasteiger partial charge is 0.516 e. The molecule has 1 fully saturated rings. The summed E-state index contributed by atoms with van der Waals surface area (Å²) in [6, 6.07) is 12.9. The van der Waals surface area contributed by atoms with Gasteiger partial charge in [0.2, 0.25) is 0 Å². The highest BCUT2D eigenvalue weighted by Crippen LogP contribution is 2.34. The van der Waals surface area contributed by atoms with Gasteiger partial charge in [-0.25, -0.2) is 4.79 Å². The molecule has 1 amide bonds. The molecule has 0 spiro atoms. The van der Waals surface area contributed by atoms with Crippen LogP contribution in [-0.4, -0.2) is 49.4 Å². The number of hydrogen-bond acceptors (Lipinski definition) is 5. The number of rotatable bonds is 7. The van der Waals surface area contributed by atoms with E-state index in [1.807, 2.05) is 0 Å². The molecule has 172 valence electrons. The molecule has 0 atom stereocenters. The van der Waals surface area contributed by atoms with Gasteiger partial charge in [0.25, 0.3) is 0 Å². The maximum absolute atomic E-state index is 13.5. The van der Waals surface area contributed by atoms with Crippen LogP contribution in [0.2, 0.25) is 0 Å². The fourth-order valence-electron chi connectivity index (χ4n) is 3.34. The number of nitrogens with zero attached hydrogens (tertiary/aromatic N) is 2. The van der Waals surface area contributed by atoms with Crippen molar-refractivity contribution in [3.8, 4) is 0 Å². The molecular weight excluding hydrogens is 449 g/mol. The third-order valence-corrected chi connectivity index (χ3v) is 6.27. The number of hydrogen-bond donors (Lipinski definition) is 0. The maximum atomic E-state index is 13.5. The first-order valence-electron chi connectivity index (χ1n) is 9.55. The smallest absolute Gasteiger partial charge is 0.441 e. The molecule has 7 nitrogen and oxygen atoms in total. The van der Waals surface area contributed by atoms with Crippen LogP contribution in [0.25, 0.3) is 0 Å². The Morgan fingerprint density at radius 2 is 1.69 bits per heavy atom. The molecule has 11 heteroatoms. The average molecular weight is 470 g/mol. The van der Waals surface area contributed by atoms with Gasteiger partial charge < -0.3 is 4.74 Å². The fraction of sp³-hybridized carbons (Fsp3) is 0.333. The molecule has 0 bridgehead atoms. The number of halogens is 3. The van der Waals surface area contributed by atoms with E-state index >= 15 is 0 Å². The molecule has 3 rings (SSSR count). The summed E-state index contributed by atoms with van der Waals surface area (Å²) in [4.78, 5) is 26.0. The van der Waals surface area contributed by atoms with Crippen molar-refractivity contribution in [1.29, 1.82) is 0 Å². The quantitative estimate of drug-likeness (QED) is 0.572. The molecule has 2 aromatic carbocycles. The van der Waals surface area contributed by atoms with Crippen molar-refractivity contribution in [3.05, 3.63) is 65.7 Å². The SMILES string of the molecule is CC1(C)CN(Cc2ccccc2N(CC(=O)c2ccccc2)S(=O)(=O)C(F)(F)F)C(=O)O1. The van der Waals surface area contributed by atoms with Crippen molar-refractivity contribution >= 4 is 27.6 Å². The molecule has 0 radical (unpaired) electrons. The molecule has 0 aromatic heterocycles. The molecule has 0 unspecified atom stereocenters. The minimum Gasteiger partial charge on any atom is -0.441 e. The van der Waals surface area contributed by atoms with Crippen molar-refractivity contribution < 1.29 is 35.9 Å². The molecular formula is C21H21F3N2O5S. The summed E-state index contributed by atoms with van der Waals surface area (Å²) >= 11 is 0. The summed E-state index contributed by atoms with van der Waals surface area (Å²) in [6.07, 6.45) is -0.671. The molecule has 1 aliphatic rings. The number of benzene rings is 2. The number of cyclic esters (lactones) is 1. The van der Waals surface area contributed by atoms with Crippen LogP contribution < -0.4 is 4.31 Å². The Morgan fingerprint density at radius 1 is 1.09 bits per heavy atom. The molecule has 1 saturated heterocycles. The molecule has 2 aromatic rings. The van der Waals surface area contributed by atoms with Crippen LogP contribution in [0.5, 0.6) is 0 Å². The molecule has 0 aliphatic carbocycles. The minimum absolute atomic E-state index is 0.0458. The Bertz CT molecular complexity index is 1120. The van der Waals surface area contributed by atoms with Crippen molar-refractivity contribution in [2.45, 2.75) is 31.5 Å². The first-order chi connectivity index (χ1) is 14.8. The van der Waals surface area contributed by atoms with Crippen LogP contribution >= 0.6 is 0 Å². The lowest BCUT2D eigenvalue weighted by molar-refractivity contribution is -0.0437. The Balaban J connectivity index is 2.02. The lowest BCUT2D eigenvalue weighted by atomic mass is 10.1. The van der Waals surface area contributed by atoms with Crippen LogP contribution in [0.1, 0.15) is 29.8 Å². The third-order valence-electron chi connectivity index (χ3n) is 4.78. The highest BCUT2D eigenvalue weighted by atomic mass is 32.2. The van der Waals surface area contributed by atoms with E-state index in [2.05, 4.69) is 0 Å². The summed E-state index contributed by atoms with van der Waals surface area (Å²) in [5.74, 6) is -0.810. The van der Waals surface area contributed by atoms with E-state index in [0.717, 1.165) is 0 Å². The number of sulfonamides is 1. The summed E-state index contributed by atoms with van der Waals surface area (Å²) in [5, 5.41) is 0. The number of anilines is 1. The maximum Gasteiger partial charge on any atom is 0.516 e. The number of amides is 1. The number of ether oxygens (including phenoxy) is 1. The van der Waals surface area contributed by atoms with Crippen LogP contribution in [0.4, 0.5) is 23.7 Å². The molecule has 32 heavy (non-hydrogen) atoms. The van der Waals surface area contributed by atoms with Crippen molar-refractivity contribution in [2.24, 2.45) is 0 Å². The van der Waals surface area contributed by atoms with Gasteiger partial charge in [0.05, 0.1) is 25.3 Å². The zero-order valence-corrected chi connectivity index (χ0v) is 18.1. The van der Waals surface area contributed by atoms with Crippen LogP contribution in [0.15, 0.2) is 54.6 Å². The molecule has 1 aliphatic heterocycles. The Labute approximate surface area is 183 Å². The highest BCUT2D eigenvalue weighted by Gasteiger charge is 2.51. The summed E-state index contributed by atoms with van der Waals surface area (Å²) < 4.78 is 70.6. The summed E-state index contributed by atoms with van der Waals surface area (Å²) in [7, 11) is -5.91. The van der Waals surface area contributed by atoms with Gasteiger partial charge in [-0.3, -0.25) is 14.0 Å². The molecule has 0 N–H and O–H groups in total. The predicted molar refractivity (Wildman–Crippen MR) is 111 cm³/mol. The monoisotopic (exact) mass is 470 g/mol. The van der Waals surface area contributed by atoms with E-state index in [-0.39, 0.29) is 34.2 Å². The zero-order valence-electron chi connectivity index (χ0n) is 17.3. The Morgan fingerprint density at radius 3 is 2.25 bits per heavy atom. The number of Topliss-reactive ketones (excluding diaryl/α,β-unsaturated/α-hetero) is 1. The number of ketones is 1. The predicted octanol–water partition coefficient (Wildman–Crippen LogP) is 3.96. The summed E-state index contributed by atoms with van der Waals surface area (Å²) in [6.45, 7) is 2.27. The number of carbonyl (C=O) groups excluding carboxylic acids is 2. The second-order valence-electron chi connectivity index (χ2n) is 7.86. The fourth-order valence-corrected chi connectivity index (χ4v) is 4.32. The standard InChI is InChI=1S/C21H21F3N2O5S/c1-20(2)14-25(19(28)31-20)12-16-10-6-7-11-17(16)26(32(29,30)21(22,23)24)13-18(27)15-8-4-3-5-9-15/h3-11H,12-14H2,1-2H3. The Kier molecular flexibility index (Phi) is 6.23. The van der Waals surface area contributed by atoms with Crippen molar-refractivity contribution in [1.82, 2.24) is 4.90 Å². The molecule has 0 saturated carbocycles. The second-order valence-corrected chi connectivity index (χ2v) is 9.71. The van der Waals surface area contributed by atoms with E-state index in [9.17, 15) is 31.2 Å². The lowest BCUT2D eigenvalue weighted by Gasteiger charge is -2.27. The third kappa shape index (κ3) is 4.87. The van der Waals surface area contributed by atoms with E-state index in [1.54, 1.807) is 19.9 Å². The van der Waals surface area contributed by atoms with Crippen LogP contribution in [0, 0.1) is 0 Å². The van der Waals surface area contributed by atoms with Gasteiger partial charge in [0.15, 0.2) is 5.78 Å². The average Bonchev–Trinajstić information content (AvgIpc) is 2.97. The van der Waals surface area contributed by atoms with Gasteiger partial charge in [-0.2, -0.15) is 21.6 Å². The second kappa shape index (κ2) is 8.45. The van der Waals surface area contributed by atoms with Gasteiger partial charge in [0.1, 0.15) is 5.60 Å². The number of para-hydroxylation sites is 1. The van der Waals surface area contributed by atoms with Gasteiger partial charge in [0, 0.05) is 5.56 Å². The highest BCUT2D eigenvalue weighted by molar-refractivity contribution is 7.93. The summed E-state index contributed by atoms with van der Waals surface area (Å²) in [5.41, 5.74) is -6.58. The van der Waals surface area contributed by atoms with Crippen LogP contribution in [0.3, 0.4) is 0 Å². The van der Waals surface area contributed by atoms with Gasteiger partial charge in [-0.15, -0.1) is 0 Å². The van der Waals surface area contributed by atoms with Gasteiger partial charge in [-0.05, 0) is 25.5 Å². The van der Waals surface area contributed by atoms with Crippen molar-refractivity contribution in [2.75, 3.05) is 17.4 Å². The topological polar surface area (TPSA) is 84.0 Å². The van der Waals surface area contributed by atoms with E-state index in [1.165, 1.54) is 53.4 Å². The normalized spacial score (nSPS) is 16.0. The number of alkyl halides is 3. The number of carbonyl (C=O) groups is 2. The van der Waals surface area contributed by atoms with E-state index in [0.29, 0.717) is 0 Å². The molecule has 1 heterocycles. The first kappa shape index (κ1) is 23.6. The van der Waals surface area contributed by atoms with Crippen molar-refractivity contribution in [3.63, 3.8) is 0 Å². The van der Waals surface area contributed by atoms with Gasteiger partial charge in [-0.1, -0.05) is 48.5 Å². The van der Waals surface area contributed by atoms with E-state index in [4.69, 9.17) is 4.74 Å². The minimum atomic E-state index is -5.91.